The van der Waals surface area contributed by atoms with E-state index in [-0.39, 0.29) is 21.7 Å². The van der Waals surface area contributed by atoms with Gasteiger partial charge in [0.1, 0.15) is 0 Å². The summed E-state index contributed by atoms with van der Waals surface area (Å²) in [6.07, 6.45) is 0. The first-order valence-electron chi connectivity index (χ1n) is 23.3. The van der Waals surface area contributed by atoms with E-state index in [1.165, 1.54) is 122 Å². The Bertz CT molecular complexity index is 3550. The molecule has 13 rings (SSSR count). The van der Waals surface area contributed by atoms with Gasteiger partial charge in [0.05, 0.1) is 5.52 Å². The van der Waals surface area contributed by atoms with E-state index < -0.39 is 0 Å². The molecular weight excluding hydrogens is 771 g/mol. The van der Waals surface area contributed by atoms with Crippen LogP contribution in [0.3, 0.4) is 0 Å². The molecule has 0 saturated heterocycles. The molecule has 0 atom stereocenters. The number of aromatic nitrogens is 1. The molecule has 1 N–H and O–H groups in total. The van der Waals surface area contributed by atoms with Gasteiger partial charge in [0.15, 0.2) is 7.28 Å². The largest absolute Gasteiger partial charge is 0.355 e. The molecule has 0 fully saturated rings. The van der Waals surface area contributed by atoms with Crippen LogP contribution in [0.4, 0.5) is 11.4 Å². The monoisotopic (exact) mass is 824 g/mol. The molecule has 0 bridgehead atoms. The Hall–Kier alpha value is -6.58. The second-order valence-corrected chi connectivity index (χ2v) is 21.8. The number of hydrogen-bond donors (Lipinski definition) is 1. The van der Waals surface area contributed by atoms with Crippen molar-refractivity contribution in [2.45, 2.75) is 84.0 Å². The van der Waals surface area contributed by atoms with Crippen LogP contribution >= 0.6 is 0 Å². The molecule has 2 heterocycles. The predicted octanol–water partition coefficient (Wildman–Crippen LogP) is 14.1. The summed E-state index contributed by atoms with van der Waals surface area (Å²) in [5, 5.41) is 6.68. The first-order valence-corrected chi connectivity index (χ1v) is 23.3. The summed E-state index contributed by atoms with van der Waals surface area (Å²) >= 11 is 0. The molecule has 1 aliphatic heterocycles. The topological polar surface area (TPSA) is 17.0 Å². The van der Waals surface area contributed by atoms with Gasteiger partial charge in [0.25, 0.3) is 0 Å². The summed E-state index contributed by atoms with van der Waals surface area (Å²) in [7, 11) is 0.848. The van der Waals surface area contributed by atoms with Gasteiger partial charge < -0.3 is 9.88 Å². The molecule has 0 radical (unpaired) electrons. The van der Waals surface area contributed by atoms with Crippen molar-refractivity contribution in [1.29, 1.82) is 0 Å². The smallest absolute Gasteiger partial charge is 0.198 e. The number of nitrogens with one attached hydrogen (secondary N) is 1. The molecule has 2 nitrogen and oxygen atoms in total. The van der Waals surface area contributed by atoms with Gasteiger partial charge in [0, 0.05) is 55.2 Å². The average molecular weight is 825 g/mol. The van der Waals surface area contributed by atoms with Crippen LogP contribution < -0.4 is 16.2 Å². The van der Waals surface area contributed by atoms with Crippen molar-refractivity contribution in [2.75, 3.05) is 5.32 Å². The van der Waals surface area contributed by atoms with E-state index >= 15 is 0 Å². The molecule has 9 aromatic rings. The first-order chi connectivity index (χ1) is 30.6. The van der Waals surface area contributed by atoms with Crippen LogP contribution in [0.1, 0.15) is 101 Å². The molecule has 0 saturated carbocycles. The Kier molecular flexibility index (Phi) is 7.33. The highest BCUT2D eigenvalue weighted by Crippen LogP contribution is 2.55. The zero-order valence-corrected chi connectivity index (χ0v) is 38.5. The van der Waals surface area contributed by atoms with Crippen LogP contribution in [0.2, 0.25) is 0 Å². The minimum absolute atomic E-state index is 0.0805. The van der Waals surface area contributed by atoms with E-state index in [1.54, 1.807) is 0 Å². The maximum atomic E-state index is 4.02. The minimum Gasteiger partial charge on any atom is -0.355 e. The standard InChI is InChI=1S/C61H53BN2/c1-58(2,3)34-22-24-35(25-23-34)63-53-32-50-41(36-16-10-13-19-46(36)60(50,6)7)28-44(53)39-26-27-40-45-29-49-43(38-18-12-15-21-48(38)59(49,4)5)31-54(45)64-55-33-51-42(30-52(55)62-56(39)57(40)64)37-17-11-14-20-47(37)61(51,8)9/h10-33,62-63H,1-9H3. The van der Waals surface area contributed by atoms with E-state index in [9.17, 15) is 0 Å². The number of rotatable bonds is 3. The maximum absolute atomic E-state index is 4.02. The summed E-state index contributed by atoms with van der Waals surface area (Å²) in [4.78, 5) is 0. The van der Waals surface area contributed by atoms with Crippen molar-refractivity contribution in [3.05, 3.63) is 185 Å². The lowest BCUT2D eigenvalue weighted by Crippen LogP contribution is -2.37. The molecule has 1 aromatic heterocycles. The van der Waals surface area contributed by atoms with Crippen LogP contribution in [-0.2, 0) is 21.7 Å². The lowest BCUT2D eigenvalue weighted by molar-refractivity contribution is 0.590. The Morgan fingerprint density at radius 1 is 0.453 bits per heavy atom. The summed E-state index contributed by atoms with van der Waals surface area (Å²) in [6, 6.07) is 56.4. The summed E-state index contributed by atoms with van der Waals surface area (Å²) < 4.78 is 2.67. The van der Waals surface area contributed by atoms with Crippen LogP contribution in [0.25, 0.3) is 72.0 Å². The molecule has 3 aliphatic carbocycles. The Labute approximate surface area is 378 Å². The van der Waals surface area contributed by atoms with Crippen molar-refractivity contribution in [3.8, 4) is 50.2 Å². The predicted molar refractivity (Wildman–Crippen MR) is 274 cm³/mol. The zero-order chi connectivity index (χ0) is 43.8. The fraction of sp³-hybridized carbons (Fsp3) is 0.213. The van der Waals surface area contributed by atoms with E-state index in [4.69, 9.17) is 0 Å². The molecule has 0 unspecified atom stereocenters. The highest BCUT2D eigenvalue weighted by molar-refractivity contribution is 6.73. The number of anilines is 2. The number of hydrogen-bond acceptors (Lipinski definition) is 1. The van der Waals surface area contributed by atoms with Crippen LogP contribution in [0.15, 0.2) is 146 Å². The van der Waals surface area contributed by atoms with Gasteiger partial charge >= 0.3 is 0 Å². The van der Waals surface area contributed by atoms with Gasteiger partial charge in [-0.15, -0.1) is 0 Å². The third kappa shape index (κ3) is 4.88. The SMILES string of the molecule is CC(C)(C)c1ccc(Nc2cc3c(cc2-c2ccc4c5cc6c(cc5n5c4c2Bc2cc4c(cc2-5)C(C)(C)c2ccccc2-4)-c2ccccc2C6(C)C)-c2ccccc2C3(C)C)cc1. The fourth-order valence-electron chi connectivity index (χ4n) is 12.7. The quantitative estimate of drug-likeness (QED) is 0.176. The highest BCUT2D eigenvalue weighted by Gasteiger charge is 2.41. The molecular formula is C61H53BN2. The molecule has 0 amide bonds. The Morgan fingerprint density at radius 3 is 1.58 bits per heavy atom. The normalized spacial score (nSPS) is 16.1. The molecule has 0 spiro atoms. The Balaban J connectivity index is 1.11. The first kappa shape index (κ1) is 37.9. The van der Waals surface area contributed by atoms with E-state index in [1.807, 2.05) is 0 Å². The summed E-state index contributed by atoms with van der Waals surface area (Å²) in [6.45, 7) is 21.3. The van der Waals surface area contributed by atoms with Crippen LogP contribution in [0, 0.1) is 0 Å². The maximum Gasteiger partial charge on any atom is 0.198 e. The second kappa shape index (κ2) is 12.4. The average Bonchev–Trinajstić information content (AvgIpc) is 3.89. The van der Waals surface area contributed by atoms with Crippen molar-refractivity contribution < 1.29 is 0 Å². The fourth-order valence-corrected chi connectivity index (χ4v) is 12.7. The molecule has 8 aromatic carbocycles. The third-order valence-electron chi connectivity index (χ3n) is 16.2. The van der Waals surface area contributed by atoms with Gasteiger partial charge in [-0.3, -0.25) is 0 Å². The third-order valence-corrected chi connectivity index (χ3v) is 16.2. The van der Waals surface area contributed by atoms with Gasteiger partial charge in [-0.25, -0.2) is 0 Å². The number of benzene rings is 8. The van der Waals surface area contributed by atoms with Crippen molar-refractivity contribution in [3.63, 3.8) is 0 Å². The summed E-state index contributed by atoms with van der Waals surface area (Å²) in [5.41, 5.74) is 29.2. The van der Waals surface area contributed by atoms with E-state index in [0.717, 1.165) is 18.7 Å². The zero-order valence-electron chi connectivity index (χ0n) is 38.5. The molecule has 310 valence electrons. The van der Waals surface area contributed by atoms with Crippen molar-refractivity contribution in [2.24, 2.45) is 0 Å². The minimum atomic E-state index is -0.127. The second-order valence-electron chi connectivity index (χ2n) is 21.8. The van der Waals surface area contributed by atoms with E-state index in [2.05, 4.69) is 218 Å². The molecule has 4 aliphatic rings. The molecule has 64 heavy (non-hydrogen) atoms. The lowest BCUT2D eigenvalue weighted by atomic mass is 9.58. The van der Waals surface area contributed by atoms with Crippen LogP contribution in [-0.4, -0.2) is 11.8 Å². The highest BCUT2D eigenvalue weighted by atomic mass is 15.0. The summed E-state index contributed by atoms with van der Waals surface area (Å²) in [5.74, 6) is 0. The van der Waals surface area contributed by atoms with E-state index in [0.29, 0.717) is 0 Å². The van der Waals surface area contributed by atoms with Gasteiger partial charge in [0.2, 0.25) is 0 Å². The van der Waals surface area contributed by atoms with Gasteiger partial charge in [-0.05, 0) is 131 Å². The number of fused-ring (bicyclic) bond motifs is 14. The lowest BCUT2D eigenvalue weighted by Gasteiger charge is -2.28. The van der Waals surface area contributed by atoms with Crippen molar-refractivity contribution in [1.82, 2.24) is 4.57 Å². The van der Waals surface area contributed by atoms with Crippen molar-refractivity contribution >= 4 is 51.4 Å². The Morgan fingerprint density at radius 2 is 0.984 bits per heavy atom. The molecule has 3 heteroatoms. The number of nitrogens with zero attached hydrogens (tertiary/aromatic N) is 1. The van der Waals surface area contributed by atoms with Gasteiger partial charge in [-0.1, -0.05) is 171 Å². The van der Waals surface area contributed by atoms with Gasteiger partial charge in [-0.2, -0.15) is 0 Å². The van der Waals surface area contributed by atoms with Crippen LogP contribution in [0.5, 0.6) is 0 Å².